The van der Waals surface area contributed by atoms with E-state index in [1.165, 1.54) is 47.0 Å². The average molecular weight is 1410 g/mol. The molecule has 2 heterocycles. The Morgan fingerprint density at radius 1 is 0.500 bits per heavy atom. The molecule has 30 heteroatoms. The molecule has 0 aliphatic heterocycles. The minimum Gasteiger partial charge on any atom is -0.744 e. The van der Waals surface area contributed by atoms with Crippen LogP contribution in [0.25, 0.3) is 44.1 Å². The first-order valence-corrected chi connectivity index (χ1v) is 33.4. The van der Waals surface area contributed by atoms with Gasteiger partial charge in [-0.15, -0.1) is 0 Å². The van der Waals surface area contributed by atoms with Gasteiger partial charge in [0.2, 0.25) is 0 Å². The number of rotatable bonds is 14. The van der Waals surface area contributed by atoms with Crippen molar-refractivity contribution in [3.8, 4) is 33.8 Å². The maximum atomic E-state index is 14.5. The number of aromatic nitrogens is 2. The number of fused-ring (bicyclic) bond motifs is 4. The third-order valence-electron chi connectivity index (χ3n) is 15.7. The van der Waals surface area contributed by atoms with E-state index in [-0.39, 0.29) is 213 Å². The maximum absolute atomic E-state index is 14.5. The van der Waals surface area contributed by atoms with Gasteiger partial charge in [0.05, 0.1) is 64.4 Å². The Balaban J connectivity index is 0.000000287. The van der Waals surface area contributed by atoms with Crippen LogP contribution in [0.1, 0.15) is 94.4 Å². The quantitative estimate of drug-likeness (QED) is 0.0623. The molecule has 0 atom stereocenters. The van der Waals surface area contributed by atoms with Crippen LogP contribution in [-0.2, 0) is 52.9 Å². The number of pyridine rings is 2. The number of hydrogen-bond donors (Lipinski definition) is 3. The monoisotopic (exact) mass is 1410 g/mol. The second-order valence-electron chi connectivity index (χ2n) is 23.7. The van der Waals surface area contributed by atoms with Crippen LogP contribution in [0.15, 0.2) is 193 Å². The molecule has 96 heavy (non-hydrogen) atoms. The van der Waals surface area contributed by atoms with Crippen LogP contribution in [0.2, 0.25) is 0 Å². The number of hydrogen-bond acceptors (Lipinski definition) is 20. The van der Waals surface area contributed by atoms with Crippen molar-refractivity contribution in [3.05, 3.63) is 223 Å². The summed E-state index contributed by atoms with van der Waals surface area (Å²) in [4.78, 5) is 68.7. The van der Waals surface area contributed by atoms with E-state index in [2.05, 4.69) is 15.6 Å². The number of nitrogens with zero attached hydrogens (tertiary/aromatic N) is 1. The Morgan fingerprint density at radius 3 is 1.60 bits per heavy atom. The predicted molar refractivity (Wildman–Crippen MR) is 336 cm³/mol. The molecule has 8 aromatic carbocycles. The maximum Gasteiger partial charge on any atom is 1.00 e. The Bertz CT molecular complexity index is 5490. The predicted octanol–water partition coefficient (Wildman–Crippen LogP) is -1.65. The van der Waals surface area contributed by atoms with Gasteiger partial charge in [0, 0.05) is 57.9 Å². The molecule has 2 aromatic heterocycles. The van der Waals surface area contributed by atoms with Crippen LogP contribution in [0.4, 0.5) is 22.7 Å². The summed E-state index contributed by atoms with van der Waals surface area (Å²) in [5, 5.41) is 6.36. The molecule has 0 radical (unpaired) electrons. The SMILES string of the molecule is CC(C)(C)CC(C)(C)c1ccc(Oc2cc(Nc3ccc(S(=O)(=O)[O-])cc3)c3c4c(c(C(=O)c5ccccc5)c(=O)[nH]c24)-c2ccccc2C3=O)c(S(=O)(=O)[O-])c1.Cn1c(=O)cc2c3c(c(Nc4ccc(S(=O)(=O)[O-])cc4S(=O)(=O)[O-])ccc31)C(=O)c1ccccc1-2.[Na+].[Na+].[Na+].[Na+]. The van der Waals surface area contributed by atoms with Crippen molar-refractivity contribution in [1.29, 1.82) is 0 Å². The van der Waals surface area contributed by atoms with Crippen molar-refractivity contribution in [1.82, 2.24) is 9.55 Å². The molecule has 2 aliphatic carbocycles. The van der Waals surface area contributed by atoms with Crippen LogP contribution in [0, 0.1) is 5.41 Å². The number of anilines is 4. The molecule has 0 bridgehead atoms. The van der Waals surface area contributed by atoms with Crippen LogP contribution in [-0.4, -0.2) is 78.8 Å². The van der Waals surface area contributed by atoms with Gasteiger partial charge in [-0.3, -0.25) is 24.0 Å². The summed E-state index contributed by atoms with van der Waals surface area (Å²) in [6.07, 6.45) is 0.644. The summed E-state index contributed by atoms with van der Waals surface area (Å²) < 4.78 is 151. The molecule has 2 aliphatic rings. The van der Waals surface area contributed by atoms with E-state index in [1.807, 2.05) is 34.6 Å². The number of ketones is 3. The minimum atomic E-state index is -5.21. The Hall–Kier alpha value is -5.77. The fraction of sp³-hybridized carbons (Fsp3) is 0.136. The zero-order chi connectivity index (χ0) is 66.5. The van der Waals surface area contributed by atoms with E-state index in [1.54, 1.807) is 98.0 Å². The summed E-state index contributed by atoms with van der Waals surface area (Å²) in [5.41, 5.74) is 1.29. The first kappa shape index (κ1) is 77.6. The van der Waals surface area contributed by atoms with E-state index in [9.17, 15) is 75.9 Å². The molecule has 22 nitrogen and oxygen atoms in total. The summed E-state index contributed by atoms with van der Waals surface area (Å²) in [6.45, 7) is 10.0. The van der Waals surface area contributed by atoms with Crippen molar-refractivity contribution >= 4 is 102 Å². The van der Waals surface area contributed by atoms with Crippen LogP contribution in [0.5, 0.6) is 11.5 Å². The van der Waals surface area contributed by atoms with Gasteiger partial charge in [-0.05, 0) is 106 Å². The summed E-state index contributed by atoms with van der Waals surface area (Å²) in [5.74, 6) is -2.08. The third-order valence-corrected chi connectivity index (χ3v) is 19.1. The molecule has 0 unspecified atom stereocenters. The van der Waals surface area contributed by atoms with Gasteiger partial charge in [0.15, 0.2) is 23.1 Å². The number of ether oxygens (including phenoxy) is 1. The molecule has 10 aromatic rings. The van der Waals surface area contributed by atoms with E-state index in [0.717, 1.165) is 24.3 Å². The number of carbonyl (C=O) groups is 3. The molecule has 12 rings (SSSR count). The zero-order valence-corrected chi connectivity index (χ0v) is 64.5. The molecule has 3 N–H and O–H groups in total. The standard InChI is InChI=1S/C43H38N2O10S2.C23H16N2O8S2.4Na/c1-42(2,3)23-43(4,5)25-15-20-31(33(21-25)57(52,53)54)55-32-22-30(44-26-16-18-27(19-17-26)56(49,50)51)35-36-34(28-13-9-10-14-29(28)40(35)47)37(41(48)45-38(32)36)39(46)24-11-7-6-8-12-24;1-25-18-9-8-17(24-16-7-6-12(34(28,29)30)10-19(16)35(31,32)33)22-21(18)15(11-20(25)26)13-4-2-3-5-14(13)23(22)27;;;;/h6-22,44H,23H2,1-5H3,(H,45,48)(H,49,50,51)(H,52,53,54);2-11,24H,1H3,(H,28,29,30)(H,31,32,33);;;;/q;;4*+1/p-4. The number of benzene rings is 8. The van der Waals surface area contributed by atoms with Gasteiger partial charge < -0.3 is 43.1 Å². The largest absolute Gasteiger partial charge is 1.00 e. The first-order valence-electron chi connectivity index (χ1n) is 27.8. The zero-order valence-electron chi connectivity index (χ0n) is 53.2. The van der Waals surface area contributed by atoms with Crippen molar-refractivity contribution in [2.75, 3.05) is 10.6 Å². The normalized spacial score (nSPS) is 12.5. The average Bonchev–Trinajstić information content (AvgIpc) is 0.716. The fourth-order valence-corrected chi connectivity index (χ4v) is 14.3. The van der Waals surface area contributed by atoms with Gasteiger partial charge in [-0.2, -0.15) is 0 Å². The van der Waals surface area contributed by atoms with E-state index in [0.29, 0.717) is 45.6 Å². The molecule has 0 spiro atoms. The van der Waals surface area contributed by atoms with Crippen molar-refractivity contribution in [3.63, 3.8) is 0 Å². The van der Waals surface area contributed by atoms with E-state index < -0.39 is 88.4 Å². The second kappa shape index (κ2) is 28.8. The van der Waals surface area contributed by atoms with Gasteiger partial charge in [0.1, 0.15) is 46.2 Å². The Morgan fingerprint density at radius 2 is 1.03 bits per heavy atom. The summed E-state index contributed by atoms with van der Waals surface area (Å²) in [7, 11) is -18.6. The molecule has 0 saturated heterocycles. The summed E-state index contributed by atoms with van der Waals surface area (Å²) in [6, 6.07) is 38.4. The van der Waals surface area contributed by atoms with Crippen LogP contribution in [0.3, 0.4) is 0 Å². The Labute approximate surface area is 639 Å². The van der Waals surface area contributed by atoms with Crippen LogP contribution >= 0.6 is 0 Å². The molecular formula is C66H50N4Na4O18S4. The molecule has 0 fully saturated rings. The van der Waals surface area contributed by atoms with Crippen molar-refractivity contribution < 1.29 is 189 Å². The molecular weight excluding hydrogens is 1360 g/mol. The fourth-order valence-electron chi connectivity index (χ4n) is 12.0. The molecule has 470 valence electrons. The van der Waals surface area contributed by atoms with Crippen molar-refractivity contribution in [2.45, 2.75) is 66.0 Å². The van der Waals surface area contributed by atoms with Gasteiger partial charge in [0.25, 0.3) is 11.1 Å². The molecule has 0 amide bonds. The molecule has 0 saturated carbocycles. The van der Waals surface area contributed by atoms with Gasteiger partial charge >= 0.3 is 118 Å². The smallest absolute Gasteiger partial charge is 0.744 e. The summed E-state index contributed by atoms with van der Waals surface area (Å²) >= 11 is 0. The van der Waals surface area contributed by atoms with Gasteiger partial charge in [-0.25, -0.2) is 33.7 Å². The Kier molecular flexibility index (Phi) is 23.3. The topological polar surface area (TPSA) is 368 Å². The number of aryl methyl sites for hydroxylation is 1. The van der Waals surface area contributed by atoms with E-state index in [4.69, 9.17) is 4.74 Å². The number of H-pyrrole nitrogens is 1. The first-order chi connectivity index (χ1) is 43.0. The van der Waals surface area contributed by atoms with E-state index >= 15 is 0 Å². The second-order valence-corrected chi connectivity index (χ2v) is 29.1. The number of carbonyl (C=O) groups excluding carboxylic acids is 3. The third kappa shape index (κ3) is 15.3. The number of aromatic amines is 1. The number of nitrogens with one attached hydrogen (secondary N) is 3. The van der Waals surface area contributed by atoms with Crippen LogP contribution < -0.4 is 145 Å². The van der Waals surface area contributed by atoms with Gasteiger partial charge in [-0.1, -0.05) is 120 Å². The minimum absolute atomic E-state index is 0. The van der Waals surface area contributed by atoms with Crippen molar-refractivity contribution in [2.24, 2.45) is 12.5 Å².